The van der Waals surface area contributed by atoms with Crippen molar-refractivity contribution in [1.82, 2.24) is 0 Å². The zero-order valence-electron chi connectivity index (χ0n) is 19.5. The van der Waals surface area contributed by atoms with Crippen LogP contribution in [0, 0.1) is 5.41 Å². The first-order valence-corrected chi connectivity index (χ1v) is 11.4. The molecule has 7 N–H and O–H groups in total. The molecule has 2 fully saturated rings. The van der Waals surface area contributed by atoms with Gasteiger partial charge in [-0.1, -0.05) is 19.4 Å². The highest BCUT2D eigenvalue weighted by atomic mass is 16.7. The third-order valence-corrected chi connectivity index (χ3v) is 6.83. The van der Waals surface area contributed by atoms with Crippen molar-refractivity contribution in [3.05, 3.63) is 11.1 Å². The molecule has 10 unspecified atom stereocenters. The Bertz CT molecular complexity index is 752. The summed E-state index contributed by atoms with van der Waals surface area (Å²) >= 11 is 0. The van der Waals surface area contributed by atoms with Crippen LogP contribution in [-0.2, 0) is 23.7 Å². The van der Waals surface area contributed by atoms with Gasteiger partial charge in [0.15, 0.2) is 6.29 Å². The van der Waals surface area contributed by atoms with Crippen molar-refractivity contribution < 1.29 is 59.5 Å². The second kappa shape index (κ2) is 10.8. The zero-order valence-corrected chi connectivity index (χ0v) is 19.5. The molecule has 1 aliphatic carbocycles. The van der Waals surface area contributed by atoms with E-state index in [1.165, 1.54) is 0 Å². The number of carbonyl (C=O) groups excluding carboxylic acids is 1. The van der Waals surface area contributed by atoms with Gasteiger partial charge in [-0.05, 0) is 31.6 Å². The molecule has 0 saturated carbocycles. The number of ether oxygens (including phenoxy) is 4. The van der Waals surface area contributed by atoms with E-state index in [-0.39, 0.29) is 0 Å². The zero-order chi connectivity index (χ0) is 25.4. The van der Waals surface area contributed by atoms with Gasteiger partial charge in [-0.25, -0.2) is 4.79 Å². The normalized spacial score (nSPS) is 43.0. The summed E-state index contributed by atoms with van der Waals surface area (Å²) in [5, 5.41) is 70.0. The van der Waals surface area contributed by atoms with Gasteiger partial charge in [0.05, 0.1) is 13.2 Å². The lowest BCUT2D eigenvalue weighted by atomic mass is 9.73. The van der Waals surface area contributed by atoms with Crippen molar-refractivity contribution in [2.24, 2.45) is 5.41 Å². The van der Waals surface area contributed by atoms with Crippen molar-refractivity contribution in [2.75, 3.05) is 13.2 Å². The summed E-state index contributed by atoms with van der Waals surface area (Å²) in [4.78, 5) is 12.9. The van der Waals surface area contributed by atoms with Gasteiger partial charge < -0.3 is 54.7 Å². The highest BCUT2D eigenvalue weighted by Gasteiger charge is 2.48. The van der Waals surface area contributed by atoms with Gasteiger partial charge in [-0.2, -0.15) is 0 Å². The summed E-state index contributed by atoms with van der Waals surface area (Å²) in [6, 6.07) is 0. The van der Waals surface area contributed by atoms with Crippen molar-refractivity contribution in [1.29, 1.82) is 0 Å². The number of aliphatic hydroxyl groups excluding tert-OH is 7. The third kappa shape index (κ3) is 5.46. The summed E-state index contributed by atoms with van der Waals surface area (Å²) in [5.74, 6) is -0.691. The van der Waals surface area contributed by atoms with E-state index in [1.54, 1.807) is 0 Å². The monoisotopic (exact) mass is 492 g/mol. The van der Waals surface area contributed by atoms with Gasteiger partial charge in [-0.3, -0.25) is 0 Å². The number of aliphatic hydroxyl groups is 7. The molecule has 10 atom stereocenters. The first-order valence-electron chi connectivity index (χ1n) is 11.4. The second-order valence-electron chi connectivity index (χ2n) is 9.84. The summed E-state index contributed by atoms with van der Waals surface area (Å²) in [6.07, 6.45) is -13.2. The predicted octanol–water partition coefficient (Wildman–Crippen LogP) is -2.32. The first kappa shape index (κ1) is 27.4. The maximum atomic E-state index is 12.9. The molecule has 0 spiro atoms. The maximum Gasteiger partial charge on any atom is 0.336 e. The number of hydrogen-bond acceptors (Lipinski definition) is 12. The molecule has 34 heavy (non-hydrogen) atoms. The van der Waals surface area contributed by atoms with Crippen LogP contribution in [0.2, 0.25) is 0 Å². The minimum atomic E-state index is -1.73. The van der Waals surface area contributed by atoms with E-state index in [1.807, 2.05) is 20.8 Å². The molecule has 0 aromatic carbocycles. The molecular weight excluding hydrogens is 456 g/mol. The molecule has 2 saturated heterocycles. The molecule has 0 radical (unpaired) electrons. The average molecular weight is 493 g/mol. The van der Waals surface area contributed by atoms with Gasteiger partial charge >= 0.3 is 5.97 Å². The number of rotatable bonds is 6. The van der Waals surface area contributed by atoms with Gasteiger partial charge in [0.1, 0.15) is 48.8 Å². The lowest BCUT2D eigenvalue weighted by Crippen LogP contribution is -2.62. The van der Waals surface area contributed by atoms with Crippen LogP contribution in [0.5, 0.6) is 0 Å². The van der Waals surface area contributed by atoms with Crippen LogP contribution in [0.4, 0.5) is 0 Å². The molecule has 3 aliphatic rings. The fraction of sp³-hybridized carbons (Fsp3) is 0.864. The number of carbonyl (C=O) groups is 1. The lowest BCUT2D eigenvalue weighted by Gasteiger charge is -2.42. The van der Waals surface area contributed by atoms with Crippen LogP contribution in [-0.4, -0.2) is 116 Å². The van der Waals surface area contributed by atoms with Gasteiger partial charge in [0.2, 0.25) is 6.29 Å². The number of hydrogen-bond donors (Lipinski definition) is 7. The summed E-state index contributed by atoms with van der Waals surface area (Å²) in [5.41, 5.74) is 0.905. The Morgan fingerprint density at radius 1 is 0.912 bits per heavy atom. The summed E-state index contributed by atoms with van der Waals surface area (Å²) < 4.78 is 21.5. The Morgan fingerprint density at radius 3 is 2.06 bits per heavy atom. The highest BCUT2D eigenvalue weighted by Crippen LogP contribution is 2.41. The van der Waals surface area contributed by atoms with E-state index in [0.717, 1.165) is 24.8 Å². The van der Waals surface area contributed by atoms with E-state index in [9.17, 15) is 40.5 Å². The molecule has 0 bridgehead atoms. The van der Waals surface area contributed by atoms with Crippen LogP contribution in [0.25, 0.3) is 0 Å². The van der Waals surface area contributed by atoms with Crippen molar-refractivity contribution in [2.45, 2.75) is 101 Å². The van der Waals surface area contributed by atoms with Crippen molar-refractivity contribution in [3.8, 4) is 0 Å². The summed E-state index contributed by atoms with van der Waals surface area (Å²) in [7, 11) is 0. The molecule has 2 heterocycles. The third-order valence-electron chi connectivity index (χ3n) is 6.83. The predicted molar refractivity (Wildman–Crippen MR) is 113 cm³/mol. The van der Waals surface area contributed by atoms with Crippen LogP contribution >= 0.6 is 0 Å². The minimum absolute atomic E-state index is 0.442. The fourth-order valence-corrected chi connectivity index (χ4v) is 4.78. The van der Waals surface area contributed by atoms with E-state index in [2.05, 4.69) is 0 Å². The summed E-state index contributed by atoms with van der Waals surface area (Å²) in [6.45, 7) is 4.52. The Morgan fingerprint density at radius 2 is 1.47 bits per heavy atom. The van der Waals surface area contributed by atoms with Gasteiger partial charge in [0.25, 0.3) is 0 Å². The Balaban J connectivity index is 1.67. The maximum absolute atomic E-state index is 12.9. The van der Waals surface area contributed by atoms with Crippen LogP contribution < -0.4 is 0 Å². The Kier molecular flexibility index (Phi) is 8.72. The Hall–Kier alpha value is -1.19. The largest absolute Gasteiger partial charge is 0.429 e. The number of allylic oxidation sites excluding steroid dienone is 1. The van der Waals surface area contributed by atoms with Crippen molar-refractivity contribution >= 4 is 5.97 Å². The molecule has 0 aromatic heterocycles. The topological polar surface area (TPSA) is 196 Å². The first-order chi connectivity index (χ1) is 15.9. The SMILES string of the molecule is CC1=C(C(=O)OC2OC(COC3OC(CO)C(O)C(O)C3O)C(O)C(O)C2O)C(C)(C)CCC1. The van der Waals surface area contributed by atoms with E-state index >= 15 is 0 Å². The molecule has 12 heteroatoms. The molecular formula is C22H36O12. The molecule has 0 aromatic rings. The number of esters is 1. The standard InChI is InChI=1S/C22H36O12/c1-9-5-4-6-22(2,3)12(9)19(30)34-21-18(29)16(27)14(25)11(33-21)8-31-20-17(28)15(26)13(24)10(7-23)32-20/h10-11,13-18,20-21,23-29H,4-8H2,1-3H3. The van der Waals surface area contributed by atoms with Crippen LogP contribution in [0.15, 0.2) is 11.1 Å². The van der Waals surface area contributed by atoms with Crippen LogP contribution in [0.1, 0.15) is 40.0 Å². The molecule has 12 nitrogen and oxygen atoms in total. The smallest absolute Gasteiger partial charge is 0.336 e. The molecule has 0 amide bonds. The average Bonchev–Trinajstić information content (AvgIpc) is 2.77. The molecule has 196 valence electrons. The van der Waals surface area contributed by atoms with Gasteiger partial charge in [0, 0.05) is 5.57 Å². The van der Waals surface area contributed by atoms with E-state index in [0.29, 0.717) is 5.57 Å². The van der Waals surface area contributed by atoms with E-state index in [4.69, 9.17) is 18.9 Å². The fourth-order valence-electron chi connectivity index (χ4n) is 4.78. The molecule has 3 rings (SSSR count). The molecule has 2 aliphatic heterocycles. The van der Waals surface area contributed by atoms with Crippen LogP contribution in [0.3, 0.4) is 0 Å². The Labute approximate surface area is 197 Å². The lowest BCUT2D eigenvalue weighted by molar-refractivity contribution is -0.326. The van der Waals surface area contributed by atoms with Gasteiger partial charge in [-0.15, -0.1) is 0 Å². The quantitative estimate of drug-likeness (QED) is 0.196. The highest BCUT2D eigenvalue weighted by molar-refractivity contribution is 5.91. The van der Waals surface area contributed by atoms with Crippen molar-refractivity contribution in [3.63, 3.8) is 0 Å². The second-order valence-corrected chi connectivity index (χ2v) is 9.84. The van der Waals surface area contributed by atoms with E-state index < -0.39 is 86.0 Å². The minimum Gasteiger partial charge on any atom is -0.429 e.